The lowest BCUT2D eigenvalue weighted by Crippen LogP contribution is -2.13. The van der Waals surface area contributed by atoms with Crippen LogP contribution in [0.25, 0.3) is 0 Å². The van der Waals surface area contributed by atoms with E-state index >= 15 is 0 Å². The number of rotatable bonds is 8. The van der Waals surface area contributed by atoms with Crippen molar-refractivity contribution in [1.82, 2.24) is 0 Å². The normalized spacial score (nSPS) is 12.2. The fraction of sp³-hybridized carbons (Fsp3) is 0.562. The van der Waals surface area contributed by atoms with Crippen LogP contribution in [0.2, 0.25) is 19.6 Å². The zero-order valence-electron chi connectivity index (χ0n) is 12.8. The lowest BCUT2D eigenvalue weighted by atomic mass is 10.2. The van der Waals surface area contributed by atoms with Gasteiger partial charge in [-0.15, -0.1) is 0 Å². The second kappa shape index (κ2) is 8.59. The minimum Gasteiger partial charge on any atom is -0.293 e. The predicted octanol–water partition coefficient (Wildman–Crippen LogP) is 5.61. The molecular weight excluding hydrogens is 266 g/mol. The summed E-state index contributed by atoms with van der Waals surface area (Å²) in [6.45, 7) is 10.3. The minimum absolute atomic E-state index is 0.964. The van der Waals surface area contributed by atoms with Crippen molar-refractivity contribution in [3.8, 4) is 0 Å². The van der Waals surface area contributed by atoms with Gasteiger partial charge in [-0.3, -0.25) is 4.99 Å². The van der Waals surface area contributed by atoms with Gasteiger partial charge in [-0.1, -0.05) is 58.0 Å². The lowest BCUT2D eigenvalue weighted by Gasteiger charge is -2.15. The zero-order chi connectivity index (χ0) is 14.1. The van der Waals surface area contributed by atoms with Gasteiger partial charge in [-0.05, 0) is 24.1 Å². The molecule has 0 aliphatic rings. The predicted molar refractivity (Wildman–Crippen MR) is 92.2 cm³/mol. The Morgan fingerprint density at radius 3 is 2.63 bits per heavy atom. The fourth-order valence-corrected chi connectivity index (χ4v) is 5.36. The maximum atomic E-state index is 4.53. The van der Waals surface area contributed by atoms with Gasteiger partial charge in [0.1, 0.15) is 7.22 Å². The second-order valence-corrected chi connectivity index (χ2v) is 15.1. The highest BCUT2D eigenvalue weighted by Crippen LogP contribution is 2.29. The van der Waals surface area contributed by atoms with Crippen LogP contribution in [0.4, 0.5) is 0 Å². The molecule has 1 rings (SSSR count). The summed E-state index contributed by atoms with van der Waals surface area (Å²) in [6, 6.07) is 8.75. The van der Waals surface area contributed by atoms with E-state index < -0.39 is 7.22 Å². The number of unbranched alkanes of at least 4 members (excludes halogenated alkanes) is 3. The molecular formula is C16H27NSSi. The van der Waals surface area contributed by atoms with Crippen molar-refractivity contribution in [3.05, 3.63) is 29.8 Å². The van der Waals surface area contributed by atoms with Gasteiger partial charge in [0.15, 0.2) is 0 Å². The third-order valence-electron chi connectivity index (χ3n) is 2.66. The Bertz CT molecular complexity index is 396. The highest BCUT2D eigenvalue weighted by molar-refractivity contribution is 8.28. The highest BCUT2D eigenvalue weighted by atomic mass is 32.4. The fourth-order valence-electron chi connectivity index (χ4n) is 1.81. The first-order chi connectivity index (χ1) is 9.01. The van der Waals surface area contributed by atoms with E-state index in [0.29, 0.717) is 0 Å². The molecule has 0 atom stereocenters. The van der Waals surface area contributed by atoms with Crippen LogP contribution < -0.4 is 0 Å². The van der Waals surface area contributed by atoms with Gasteiger partial charge >= 0.3 is 0 Å². The molecule has 0 heterocycles. The molecule has 0 aliphatic heterocycles. The van der Waals surface area contributed by atoms with Gasteiger partial charge in [0.05, 0.1) is 0 Å². The summed E-state index contributed by atoms with van der Waals surface area (Å²) in [5, 5.41) is 0. The number of aliphatic imine (C=N–C) groups is 1. The summed E-state index contributed by atoms with van der Waals surface area (Å²) >= 11 is 2.04. The minimum atomic E-state index is -1.10. The first-order valence-corrected chi connectivity index (χ1v) is 12.3. The third kappa shape index (κ3) is 8.27. The summed E-state index contributed by atoms with van der Waals surface area (Å²) < 4.78 is 0. The van der Waals surface area contributed by atoms with Gasteiger partial charge in [0, 0.05) is 17.7 Å². The first kappa shape index (κ1) is 16.5. The molecule has 0 saturated carbocycles. The molecule has 0 aromatic heterocycles. The summed E-state index contributed by atoms with van der Waals surface area (Å²) in [5.41, 5.74) is 1.23. The third-order valence-corrected chi connectivity index (χ3v) is 6.31. The Labute approximate surface area is 123 Å². The monoisotopic (exact) mass is 293 g/mol. The number of nitrogens with zero attached hydrogens (tertiary/aromatic N) is 1. The van der Waals surface area contributed by atoms with Gasteiger partial charge in [0.2, 0.25) is 0 Å². The van der Waals surface area contributed by atoms with Crippen LogP contribution in [0.1, 0.15) is 38.2 Å². The average molecular weight is 294 g/mol. The summed E-state index contributed by atoms with van der Waals surface area (Å²) in [5.74, 6) is 0. The smallest absolute Gasteiger partial charge is 0.114 e. The largest absolute Gasteiger partial charge is 0.293 e. The van der Waals surface area contributed by atoms with E-state index in [1.54, 1.807) is 0 Å². The van der Waals surface area contributed by atoms with Gasteiger partial charge in [-0.2, -0.15) is 11.2 Å². The molecule has 1 aromatic rings. The molecule has 0 radical (unpaired) electrons. The van der Waals surface area contributed by atoms with Gasteiger partial charge < -0.3 is 0 Å². The maximum Gasteiger partial charge on any atom is 0.114 e. The average Bonchev–Trinajstić information content (AvgIpc) is 2.32. The van der Waals surface area contributed by atoms with Crippen LogP contribution in [0.15, 0.2) is 34.2 Å². The van der Waals surface area contributed by atoms with Crippen LogP contribution >= 0.6 is 11.2 Å². The van der Waals surface area contributed by atoms with Crippen LogP contribution in [0, 0.1) is 0 Å². The van der Waals surface area contributed by atoms with E-state index in [4.69, 9.17) is 0 Å². The van der Waals surface area contributed by atoms with E-state index in [-0.39, 0.29) is 0 Å². The van der Waals surface area contributed by atoms with Crippen molar-refractivity contribution in [3.63, 3.8) is 0 Å². The van der Waals surface area contributed by atoms with Crippen LogP contribution in [0.5, 0.6) is 0 Å². The van der Waals surface area contributed by atoms with E-state index in [1.165, 1.54) is 36.1 Å². The highest BCUT2D eigenvalue weighted by Gasteiger charge is 2.14. The molecule has 0 saturated heterocycles. The molecule has 0 amide bonds. The lowest BCUT2D eigenvalue weighted by molar-refractivity contribution is 0.676. The van der Waals surface area contributed by atoms with E-state index in [0.717, 1.165) is 6.54 Å². The number of hydrogen-bond acceptors (Lipinski definition) is 2. The standard InChI is InChI=1S/C16H27NSSi/c1-5-6-7-8-12-17-14-15-10-9-11-16(13-15)18-19(2,3)4/h9-11,13-14H,5-8,12H2,1-4H3/b17-14-. The first-order valence-electron chi connectivity index (χ1n) is 7.30. The quantitative estimate of drug-likeness (QED) is 0.344. The Kier molecular flexibility index (Phi) is 7.47. The number of hydrogen-bond donors (Lipinski definition) is 0. The van der Waals surface area contributed by atoms with Crippen LogP contribution in [-0.2, 0) is 0 Å². The Balaban J connectivity index is 2.45. The Hall–Kier alpha value is -0.543. The van der Waals surface area contributed by atoms with E-state index in [9.17, 15) is 0 Å². The van der Waals surface area contributed by atoms with Crippen LogP contribution in [-0.4, -0.2) is 20.0 Å². The number of benzene rings is 1. The van der Waals surface area contributed by atoms with Crippen molar-refractivity contribution in [2.75, 3.05) is 6.54 Å². The molecule has 0 N–H and O–H groups in total. The molecule has 0 bridgehead atoms. The van der Waals surface area contributed by atoms with Crippen molar-refractivity contribution < 1.29 is 0 Å². The maximum absolute atomic E-state index is 4.53. The molecule has 19 heavy (non-hydrogen) atoms. The Morgan fingerprint density at radius 2 is 1.95 bits per heavy atom. The SMILES string of the molecule is CCCCCC/N=C\c1cccc(S[Si](C)(C)C)c1. The summed E-state index contributed by atoms with van der Waals surface area (Å²) in [7, 11) is -1.10. The molecule has 1 aromatic carbocycles. The van der Waals surface area contributed by atoms with Crippen molar-refractivity contribution in [1.29, 1.82) is 0 Å². The second-order valence-electron chi connectivity index (χ2n) is 5.88. The molecule has 1 nitrogen and oxygen atoms in total. The molecule has 0 aliphatic carbocycles. The summed E-state index contributed by atoms with van der Waals surface area (Å²) in [6.07, 6.45) is 7.17. The van der Waals surface area contributed by atoms with Crippen molar-refractivity contribution in [2.24, 2.45) is 4.99 Å². The molecule has 3 heteroatoms. The topological polar surface area (TPSA) is 12.4 Å². The van der Waals surface area contributed by atoms with Gasteiger partial charge in [0.25, 0.3) is 0 Å². The van der Waals surface area contributed by atoms with Crippen molar-refractivity contribution >= 4 is 24.6 Å². The molecule has 0 fully saturated rings. The summed E-state index contributed by atoms with van der Waals surface area (Å²) in [4.78, 5) is 5.91. The van der Waals surface area contributed by atoms with E-state index in [1.807, 2.05) is 17.4 Å². The van der Waals surface area contributed by atoms with E-state index in [2.05, 4.69) is 55.8 Å². The molecule has 0 unspecified atom stereocenters. The van der Waals surface area contributed by atoms with Crippen molar-refractivity contribution in [2.45, 2.75) is 57.1 Å². The van der Waals surface area contributed by atoms with Crippen LogP contribution in [0.3, 0.4) is 0 Å². The zero-order valence-corrected chi connectivity index (χ0v) is 14.6. The Morgan fingerprint density at radius 1 is 1.16 bits per heavy atom. The van der Waals surface area contributed by atoms with Gasteiger partial charge in [-0.25, -0.2) is 0 Å². The molecule has 106 valence electrons. The molecule has 0 spiro atoms.